The van der Waals surface area contributed by atoms with Crippen molar-refractivity contribution in [2.24, 2.45) is 16.7 Å². The first-order chi connectivity index (χ1) is 11.3. The Morgan fingerprint density at radius 3 is 2.71 bits per heavy atom. The molecule has 5 heteroatoms. The number of allylic oxidation sites excluding steroid dienone is 8. The van der Waals surface area contributed by atoms with Crippen molar-refractivity contribution in [3.05, 3.63) is 47.1 Å². The van der Waals surface area contributed by atoms with E-state index >= 15 is 0 Å². The van der Waals surface area contributed by atoms with E-state index in [0.29, 0.717) is 12.0 Å². The summed E-state index contributed by atoms with van der Waals surface area (Å²) in [6.45, 7) is 2.05. The van der Waals surface area contributed by atoms with E-state index in [0.717, 1.165) is 17.6 Å². The molecule has 0 saturated heterocycles. The average Bonchev–Trinajstić information content (AvgIpc) is 2.87. The first-order valence-corrected chi connectivity index (χ1v) is 9.51. The lowest BCUT2D eigenvalue weighted by Crippen LogP contribution is -2.50. The van der Waals surface area contributed by atoms with Crippen molar-refractivity contribution in [2.45, 2.75) is 30.5 Å². The highest BCUT2D eigenvalue weighted by Crippen LogP contribution is 2.59. The molecule has 24 heavy (non-hydrogen) atoms. The molecule has 0 aromatic carbocycles. The molecule has 0 radical (unpaired) electrons. The van der Waals surface area contributed by atoms with Gasteiger partial charge in [-0.15, -0.1) is 34.8 Å². The van der Waals surface area contributed by atoms with E-state index in [1.165, 1.54) is 0 Å². The van der Waals surface area contributed by atoms with Crippen LogP contribution in [0.2, 0.25) is 0 Å². The number of halogens is 3. The normalized spacial score (nSPS) is 43.5. The Hall–Kier alpha value is -0.830. The highest BCUT2D eigenvalue weighted by molar-refractivity contribution is 6.33. The molecule has 0 unspecified atom stereocenters. The zero-order valence-electron chi connectivity index (χ0n) is 13.2. The van der Waals surface area contributed by atoms with Gasteiger partial charge >= 0.3 is 0 Å². The standard InChI is InChI=1S/C19H17Cl3O2/c1-18-6-4-11-15(16(18)13(23)5-7-18)14(24)8-10-2-3-12(21)17(22)19(10,11)9-20/h2-3,5,7-8,12,16-17H,4,6,9H2,1H3/t12-,16-,17+,18+,19-/m0/s1. The maximum Gasteiger partial charge on any atom is 0.182 e. The average molecular weight is 384 g/mol. The van der Waals surface area contributed by atoms with Crippen LogP contribution in [-0.4, -0.2) is 28.2 Å². The van der Waals surface area contributed by atoms with E-state index in [-0.39, 0.29) is 28.2 Å². The fourth-order valence-electron chi connectivity index (χ4n) is 4.79. The summed E-state index contributed by atoms with van der Waals surface area (Å²) < 4.78 is 0. The number of hydrogen-bond acceptors (Lipinski definition) is 2. The van der Waals surface area contributed by atoms with Crippen LogP contribution >= 0.6 is 34.8 Å². The molecule has 0 aromatic heterocycles. The molecule has 126 valence electrons. The largest absolute Gasteiger partial charge is 0.294 e. The maximum atomic E-state index is 12.9. The Morgan fingerprint density at radius 1 is 1.25 bits per heavy atom. The number of carbonyl (C=O) groups is 2. The van der Waals surface area contributed by atoms with Crippen molar-refractivity contribution < 1.29 is 9.59 Å². The third kappa shape index (κ3) is 1.91. The Labute approximate surface area is 156 Å². The van der Waals surface area contributed by atoms with E-state index in [1.54, 1.807) is 12.2 Å². The molecule has 0 N–H and O–H groups in total. The third-order valence-corrected chi connectivity index (χ3v) is 7.72. The predicted molar refractivity (Wildman–Crippen MR) is 96.7 cm³/mol. The second kappa shape index (κ2) is 5.33. The molecule has 4 rings (SSSR count). The van der Waals surface area contributed by atoms with Gasteiger partial charge in [0, 0.05) is 22.3 Å². The summed E-state index contributed by atoms with van der Waals surface area (Å²) in [4.78, 5) is 25.4. The zero-order valence-corrected chi connectivity index (χ0v) is 15.5. The summed E-state index contributed by atoms with van der Waals surface area (Å²) in [5.41, 5.74) is 1.39. The molecule has 5 atom stereocenters. The summed E-state index contributed by atoms with van der Waals surface area (Å²) in [5, 5.41) is -0.810. The molecule has 0 heterocycles. The summed E-state index contributed by atoms with van der Waals surface area (Å²) in [5.74, 6) is -0.262. The summed E-state index contributed by atoms with van der Waals surface area (Å²) in [6.07, 6.45) is 10.4. The molecule has 0 aliphatic heterocycles. The molecule has 0 fully saturated rings. The quantitative estimate of drug-likeness (QED) is 0.631. The van der Waals surface area contributed by atoms with Gasteiger partial charge in [-0.2, -0.15) is 0 Å². The SMILES string of the molecule is C[C@@]12C=CC(=O)[C@H]1C1=C(CC2)[C@]2(CCl)C(=CC1=O)C=C[C@H](Cl)[C@H]2Cl. The minimum absolute atomic E-state index is 0.000445. The minimum atomic E-state index is -0.669. The molecule has 2 nitrogen and oxygen atoms in total. The second-order valence-corrected chi connectivity index (χ2v) is 8.58. The van der Waals surface area contributed by atoms with Crippen molar-refractivity contribution in [1.29, 1.82) is 0 Å². The van der Waals surface area contributed by atoms with Gasteiger partial charge < -0.3 is 0 Å². The van der Waals surface area contributed by atoms with Crippen LogP contribution in [0.15, 0.2) is 47.1 Å². The van der Waals surface area contributed by atoms with Crippen LogP contribution in [0.4, 0.5) is 0 Å². The molecular formula is C19H17Cl3O2. The molecule has 0 bridgehead atoms. The Balaban J connectivity index is 1.97. The second-order valence-electron chi connectivity index (χ2n) is 7.34. The van der Waals surface area contributed by atoms with Crippen molar-refractivity contribution in [1.82, 2.24) is 0 Å². The van der Waals surface area contributed by atoms with Gasteiger partial charge in [-0.25, -0.2) is 0 Å². The van der Waals surface area contributed by atoms with Crippen molar-refractivity contribution in [2.75, 3.05) is 5.88 Å². The van der Waals surface area contributed by atoms with E-state index < -0.39 is 16.7 Å². The first kappa shape index (κ1) is 16.6. The van der Waals surface area contributed by atoms with Gasteiger partial charge in [-0.3, -0.25) is 9.59 Å². The van der Waals surface area contributed by atoms with E-state index in [1.807, 2.05) is 25.2 Å². The summed E-state index contributed by atoms with van der Waals surface area (Å²) >= 11 is 19.5. The molecule has 4 aliphatic rings. The van der Waals surface area contributed by atoms with Crippen LogP contribution in [0, 0.1) is 16.7 Å². The van der Waals surface area contributed by atoms with Gasteiger partial charge in [-0.1, -0.05) is 25.2 Å². The fraction of sp³-hybridized carbons (Fsp3) is 0.474. The molecule has 0 saturated carbocycles. The number of rotatable bonds is 1. The highest BCUT2D eigenvalue weighted by atomic mass is 35.5. The number of alkyl halides is 3. The van der Waals surface area contributed by atoms with Crippen molar-refractivity contribution in [3.8, 4) is 0 Å². The fourth-order valence-corrected chi connectivity index (χ4v) is 6.06. The Morgan fingerprint density at radius 2 is 2.00 bits per heavy atom. The summed E-state index contributed by atoms with van der Waals surface area (Å²) in [7, 11) is 0. The van der Waals surface area contributed by atoms with E-state index in [4.69, 9.17) is 34.8 Å². The number of carbonyl (C=O) groups excluding carboxylic acids is 2. The first-order valence-electron chi connectivity index (χ1n) is 8.10. The van der Waals surface area contributed by atoms with Gasteiger partial charge in [0.25, 0.3) is 0 Å². The van der Waals surface area contributed by atoms with Crippen LogP contribution in [-0.2, 0) is 9.59 Å². The molecule has 0 aromatic rings. The van der Waals surface area contributed by atoms with E-state index in [9.17, 15) is 9.59 Å². The lowest BCUT2D eigenvalue weighted by molar-refractivity contribution is -0.121. The number of fused-ring (bicyclic) bond motifs is 4. The van der Waals surface area contributed by atoms with Gasteiger partial charge in [-0.05, 0) is 36.1 Å². The van der Waals surface area contributed by atoms with Crippen LogP contribution in [0.5, 0.6) is 0 Å². The number of ketones is 2. The molecule has 0 spiro atoms. The minimum Gasteiger partial charge on any atom is -0.294 e. The smallest absolute Gasteiger partial charge is 0.182 e. The Kier molecular flexibility index (Phi) is 3.69. The summed E-state index contributed by atoms with van der Waals surface area (Å²) in [6, 6.07) is 0. The van der Waals surface area contributed by atoms with E-state index in [2.05, 4.69) is 0 Å². The van der Waals surface area contributed by atoms with Gasteiger partial charge in [0.1, 0.15) is 0 Å². The lowest BCUT2D eigenvalue weighted by atomic mass is 9.55. The Bertz CT molecular complexity index is 775. The molecular weight excluding hydrogens is 367 g/mol. The van der Waals surface area contributed by atoms with Gasteiger partial charge in [0.15, 0.2) is 11.6 Å². The van der Waals surface area contributed by atoms with Crippen LogP contribution in [0.25, 0.3) is 0 Å². The van der Waals surface area contributed by atoms with Crippen molar-refractivity contribution >= 4 is 46.4 Å². The monoisotopic (exact) mass is 382 g/mol. The van der Waals surface area contributed by atoms with Crippen molar-refractivity contribution in [3.63, 3.8) is 0 Å². The third-order valence-electron chi connectivity index (χ3n) is 6.13. The maximum absolute atomic E-state index is 12.9. The van der Waals surface area contributed by atoms with Gasteiger partial charge in [0.2, 0.25) is 0 Å². The van der Waals surface area contributed by atoms with Crippen LogP contribution in [0.1, 0.15) is 19.8 Å². The predicted octanol–water partition coefficient (Wildman–Crippen LogP) is 4.36. The van der Waals surface area contributed by atoms with Crippen LogP contribution in [0.3, 0.4) is 0 Å². The zero-order chi connectivity index (χ0) is 17.3. The highest BCUT2D eigenvalue weighted by Gasteiger charge is 2.57. The molecule has 0 amide bonds. The molecule has 4 aliphatic carbocycles. The number of hydrogen-bond donors (Lipinski definition) is 0. The van der Waals surface area contributed by atoms with Gasteiger partial charge in [0.05, 0.1) is 16.7 Å². The topological polar surface area (TPSA) is 34.1 Å². The van der Waals surface area contributed by atoms with Crippen LogP contribution < -0.4 is 0 Å². The lowest BCUT2D eigenvalue weighted by Gasteiger charge is -2.50.